The van der Waals surface area contributed by atoms with Gasteiger partial charge in [-0.25, -0.2) is 4.79 Å². The Balaban J connectivity index is 1.93. The van der Waals surface area contributed by atoms with Crippen LogP contribution in [0.5, 0.6) is 11.5 Å². The molecule has 0 spiro atoms. The molecule has 0 N–H and O–H groups in total. The van der Waals surface area contributed by atoms with Crippen LogP contribution in [-0.4, -0.2) is 20.2 Å². The molecule has 128 valence electrons. The van der Waals surface area contributed by atoms with Crippen molar-refractivity contribution in [2.24, 2.45) is 0 Å². The van der Waals surface area contributed by atoms with Gasteiger partial charge in [-0.2, -0.15) is 0 Å². The molecule has 0 aromatic heterocycles. The summed E-state index contributed by atoms with van der Waals surface area (Å²) in [4.78, 5) is 12.2. The van der Waals surface area contributed by atoms with Crippen molar-refractivity contribution < 1.29 is 19.0 Å². The van der Waals surface area contributed by atoms with Crippen LogP contribution in [0, 0.1) is 0 Å². The van der Waals surface area contributed by atoms with E-state index < -0.39 is 0 Å². The third kappa shape index (κ3) is 3.80. The van der Waals surface area contributed by atoms with E-state index in [-0.39, 0.29) is 5.97 Å². The van der Waals surface area contributed by atoms with Gasteiger partial charge in [-0.1, -0.05) is 0 Å². The minimum Gasteiger partial charge on any atom is -0.497 e. The van der Waals surface area contributed by atoms with Crippen molar-refractivity contribution in [3.63, 3.8) is 0 Å². The zero-order valence-corrected chi connectivity index (χ0v) is 16.7. The third-order valence-electron chi connectivity index (χ3n) is 3.65. The largest absolute Gasteiger partial charge is 0.497 e. The van der Waals surface area contributed by atoms with E-state index in [1.54, 1.807) is 26.4 Å². The molecule has 2 aromatic rings. The summed E-state index contributed by atoms with van der Waals surface area (Å²) < 4.78 is 17.4. The van der Waals surface area contributed by atoms with Crippen LogP contribution in [-0.2, 0) is 9.53 Å². The molecule has 1 heterocycles. The first-order valence-corrected chi connectivity index (χ1v) is 8.93. The lowest BCUT2D eigenvalue weighted by molar-refractivity contribution is -0.130. The van der Waals surface area contributed by atoms with Gasteiger partial charge in [0.1, 0.15) is 17.3 Å². The number of cyclic esters (lactones) is 1. The first-order valence-electron chi connectivity index (χ1n) is 7.35. The quantitative estimate of drug-likeness (QED) is 0.459. The van der Waals surface area contributed by atoms with Crippen molar-refractivity contribution in [2.75, 3.05) is 14.2 Å². The molecule has 1 aliphatic heterocycles. The maximum absolute atomic E-state index is 12.2. The second-order valence-electron chi connectivity index (χ2n) is 5.24. The first kappa shape index (κ1) is 17.8. The lowest BCUT2D eigenvalue weighted by Gasteiger charge is -2.07. The molecular formula is C19H14Br2O4. The normalized spacial score (nSPS) is 15.1. The Bertz CT molecular complexity index is 860. The predicted molar refractivity (Wildman–Crippen MR) is 103 cm³/mol. The van der Waals surface area contributed by atoms with E-state index in [0.717, 1.165) is 25.8 Å². The van der Waals surface area contributed by atoms with Gasteiger partial charge in [0.05, 0.1) is 28.7 Å². The molecule has 0 aliphatic carbocycles. The second kappa shape index (κ2) is 7.45. The van der Waals surface area contributed by atoms with Gasteiger partial charge in [0.15, 0.2) is 0 Å². The average molecular weight is 466 g/mol. The molecule has 25 heavy (non-hydrogen) atoms. The Kier molecular flexibility index (Phi) is 5.30. The fourth-order valence-electron chi connectivity index (χ4n) is 2.42. The fraction of sp³-hybridized carbons (Fsp3) is 0.105. The number of benzene rings is 2. The summed E-state index contributed by atoms with van der Waals surface area (Å²) in [5.74, 6) is 1.59. The monoisotopic (exact) mass is 464 g/mol. The van der Waals surface area contributed by atoms with Crippen molar-refractivity contribution in [1.29, 1.82) is 0 Å². The zero-order valence-electron chi connectivity index (χ0n) is 13.5. The molecule has 1 aliphatic rings. The number of methoxy groups -OCH3 is 2. The summed E-state index contributed by atoms with van der Waals surface area (Å²) in [5.41, 5.74) is 2.14. The zero-order chi connectivity index (χ0) is 18.0. The Morgan fingerprint density at radius 3 is 2.20 bits per heavy atom. The smallest absolute Gasteiger partial charge is 0.343 e. The highest BCUT2D eigenvalue weighted by molar-refractivity contribution is 9.11. The summed E-state index contributed by atoms with van der Waals surface area (Å²) in [6, 6.07) is 11.1. The molecule has 0 bridgehead atoms. The Morgan fingerprint density at radius 2 is 1.64 bits per heavy atom. The molecule has 2 aromatic carbocycles. The van der Waals surface area contributed by atoms with E-state index in [0.29, 0.717) is 17.1 Å². The topological polar surface area (TPSA) is 44.8 Å². The van der Waals surface area contributed by atoms with E-state index in [2.05, 4.69) is 31.9 Å². The van der Waals surface area contributed by atoms with Crippen molar-refractivity contribution in [3.8, 4) is 11.5 Å². The van der Waals surface area contributed by atoms with Gasteiger partial charge in [0.25, 0.3) is 0 Å². The van der Waals surface area contributed by atoms with Crippen LogP contribution < -0.4 is 9.47 Å². The maximum atomic E-state index is 12.2. The summed E-state index contributed by atoms with van der Waals surface area (Å²) in [6.45, 7) is 0. The Labute approximate surface area is 162 Å². The molecule has 0 saturated carbocycles. The van der Waals surface area contributed by atoms with E-state index >= 15 is 0 Å². The highest BCUT2D eigenvalue weighted by Gasteiger charge is 2.22. The van der Waals surface area contributed by atoms with Crippen LogP contribution in [0.3, 0.4) is 0 Å². The second-order valence-corrected chi connectivity index (χ2v) is 6.95. The summed E-state index contributed by atoms with van der Waals surface area (Å²) in [6.07, 6.45) is 3.50. The summed E-state index contributed by atoms with van der Waals surface area (Å²) >= 11 is 6.91. The van der Waals surface area contributed by atoms with Crippen LogP contribution >= 0.6 is 31.9 Å². The van der Waals surface area contributed by atoms with Crippen molar-refractivity contribution in [1.82, 2.24) is 0 Å². The van der Waals surface area contributed by atoms with E-state index in [9.17, 15) is 4.79 Å². The van der Waals surface area contributed by atoms with E-state index in [1.165, 1.54) is 0 Å². The van der Waals surface area contributed by atoms with Crippen LogP contribution in [0.1, 0.15) is 11.1 Å². The SMILES string of the molecule is COc1ccc(C2=C/C(=C\c3cc(Br)c(OC)c(Br)c3)C(=O)O2)cc1. The number of hydrogen-bond acceptors (Lipinski definition) is 4. The van der Waals surface area contributed by atoms with Gasteiger partial charge in [-0.3, -0.25) is 0 Å². The van der Waals surface area contributed by atoms with Crippen molar-refractivity contribution >= 4 is 49.7 Å². The average Bonchev–Trinajstić information content (AvgIpc) is 2.95. The number of carbonyl (C=O) groups excluding carboxylic acids is 1. The van der Waals surface area contributed by atoms with Gasteiger partial charge in [0, 0.05) is 5.56 Å². The van der Waals surface area contributed by atoms with Crippen molar-refractivity contribution in [2.45, 2.75) is 0 Å². The van der Waals surface area contributed by atoms with Gasteiger partial charge in [-0.05, 0) is 86.0 Å². The van der Waals surface area contributed by atoms with Crippen LogP contribution in [0.25, 0.3) is 11.8 Å². The third-order valence-corrected chi connectivity index (χ3v) is 4.82. The van der Waals surface area contributed by atoms with Gasteiger partial charge in [0.2, 0.25) is 0 Å². The molecule has 4 nitrogen and oxygen atoms in total. The molecule has 0 unspecified atom stereocenters. The van der Waals surface area contributed by atoms with E-state index in [4.69, 9.17) is 14.2 Å². The van der Waals surface area contributed by atoms with Gasteiger partial charge < -0.3 is 14.2 Å². The maximum Gasteiger partial charge on any atom is 0.343 e. The number of hydrogen-bond donors (Lipinski definition) is 0. The molecule has 6 heteroatoms. The van der Waals surface area contributed by atoms with Crippen molar-refractivity contribution in [3.05, 3.63) is 68.1 Å². The number of ether oxygens (including phenoxy) is 3. The lowest BCUT2D eigenvalue weighted by atomic mass is 10.1. The summed E-state index contributed by atoms with van der Waals surface area (Å²) in [7, 11) is 3.21. The number of halogens is 2. The number of rotatable bonds is 4. The Hall–Kier alpha value is -2.05. The van der Waals surface area contributed by atoms with Crippen LogP contribution in [0.15, 0.2) is 57.0 Å². The van der Waals surface area contributed by atoms with Crippen LogP contribution in [0.2, 0.25) is 0 Å². The minimum absolute atomic E-state index is 0.381. The standard InChI is InChI=1S/C19H14Br2O4/c1-23-14-5-3-12(4-6-14)17-10-13(19(22)25-17)7-11-8-15(20)18(24-2)16(21)9-11/h3-10H,1-2H3/b13-7+. The molecule has 0 radical (unpaired) electrons. The van der Waals surface area contributed by atoms with Crippen LogP contribution in [0.4, 0.5) is 0 Å². The lowest BCUT2D eigenvalue weighted by Crippen LogP contribution is -1.97. The first-order chi connectivity index (χ1) is 12.0. The fourth-order valence-corrected chi connectivity index (χ4v) is 3.97. The molecular weight excluding hydrogens is 452 g/mol. The van der Waals surface area contributed by atoms with Gasteiger partial charge in [-0.15, -0.1) is 0 Å². The number of esters is 1. The molecule has 0 atom stereocenters. The minimum atomic E-state index is -0.381. The highest BCUT2D eigenvalue weighted by atomic mass is 79.9. The van der Waals surface area contributed by atoms with Gasteiger partial charge >= 0.3 is 5.97 Å². The Morgan fingerprint density at radius 1 is 1.00 bits per heavy atom. The highest BCUT2D eigenvalue weighted by Crippen LogP contribution is 2.36. The summed E-state index contributed by atoms with van der Waals surface area (Å²) in [5, 5.41) is 0. The number of carbonyl (C=O) groups is 1. The molecule has 0 saturated heterocycles. The van der Waals surface area contributed by atoms with E-state index in [1.807, 2.05) is 36.4 Å². The molecule has 0 fully saturated rings. The molecule has 3 rings (SSSR count). The molecule has 0 amide bonds. The predicted octanol–water partition coefficient (Wildman–Crippen LogP) is 5.21.